The van der Waals surface area contributed by atoms with E-state index in [0.717, 1.165) is 23.6 Å². The van der Waals surface area contributed by atoms with Crippen molar-refractivity contribution < 1.29 is 14.2 Å². The first-order valence-corrected chi connectivity index (χ1v) is 6.24. The van der Waals surface area contributed by atoms with Gasteiger partial charge >= 0.3 is 0 Å². The molecule has 0 heterocycles. The first-order valence-electron chi connectivity index (χ1n) is 6.24. The van der Waals surface area contributed by atoms with Gasteiger partial charge in [0.05, 0.1) is 20.3 Å². The zero-order chi connectivity index (χ0) is 13.9. The highest BCUT2D eigenvalue weighted by Gasteiger charge is 2.05. The van der Waals surface area contributed by atoms with Crippen LogP contribution in [0.5, 0.6) is 11.5 Å². The van der Waals surface area contributed by atoms with E-state index in [2.05, 4.69) is 11.2 Å². The smallest absolute Gasteiger partial charge is 0.124 e. The third-order valence-corrected chi connectivity index (χ3v) is 2.57. The Kier molecular flexibility index (Phi) is 7.48. The predicted molar refractivity (Wildman–Crippen MR) is 75.5 cm³/mol. The van der Waals surface area contributed by atoms with Crippen LogP contribution in [0, 0.1) is 12.3 Å². The van der Waals surface area contributed by atoms with E-state index in [1.807, 2.05) is 18.2 Å². The van der Waals surface area contributed by atoms with Gasteiger partial charge in [-0.3, -0.25) is 0 Å². The molecule has 0 saturated carbocycles. The number of hydrogen-bond acceptors (Lipinski definition) is 4. The molecule has 1 rings (SSSR count). The van der Waals surface area contributed by atoms with Gasteiger partial charge in [0, 0.05) is 32.2 Å². The molecule has 0 fully saturated rings. The topological polar surface area (TPSA) is 39.7 Å². The van der Waals surface area contributed by atoms with Crippen molar-refractivity contribution in [3.8, 4) is 23.8 Å². The third kappa shape index (κ3) is 5.64. The lowest BCUT2D eigenvalue weighted by molar-refractivity contribution is 0.199. The van der Waals surface area contributed by atoms with Crippen molar-refractivity contribution in [2.75, 3.05) is 34.0 Å². The molecule has 0 radical (unpaired) electrons. The first-order chi connectivity index (χ1) is 9.31. The van der Waals surface area contributed by atoms with Gasteiger partial charge < -0.3 is 19.5 Å². The summed E-state index contributed by atoms with van der Waals surface area (Å²) in [4.78, 5) is 0. The molecular formula is C15H21NO3. The van der Waals surface area contributed by atoms with Crippen LogP contribution in [0.3, 0.4) is 0 Å². The highest BCUT2D eigenvalue weighted by Crippen LogP contribution is 2.24. The van der Waals surface area contributed by atoms with Crippen LogP contribution in [0.1, 0.15) is 12.0 Å². The van der Waals surface area contributed by atoms with Gasteiger partial charge in [-0.25, -0.2) is 0 Å². The van der Waals surface area contributed by atoms with E-state index in [-0.39, 0.29) is 0 Å². The van der Waals surface area contributed by atoms with Crippen molar-refractivity contribution in [3.05, 3.63) is 23.8 Å². The van der Waals surface area contributed by atoms with Gasteiger partial charge in [-0.15, -0.1) is 12.3 Å². The number of benzene rings is 1. The maximum atomic E-state index is 5.66. The van der Waals surface area contributed by atoms with Crippen LogP contribution in [0.2, 0.25) is 0 Å². The van der Waals surface area contributed by atoms with Crippen LogP contribution in [-0.4, -0.2) is 34.0 Å². The van der Waals surface area contributed by atoms with Crippen LogP contribution in [0.25, 0.3) is 0 Å². The highest BCUT2D eigenvalue weighted by molar-refractivity contribution is 5.40. The second-order valence-corrected chi connectivity index (χ2v) is 3.95. The van der Waals surface area contributed by atoms with Crippen molar-refractivity contribution in [2.24, 2.45) is 0 Å². The molecule has 4 heteroatoms. The van der Waals surface area contributed by atoms with Gasteiger partial charge in [-0.2, -0.15) is 0 Å². The summed E-state index contributed by atoms with van der Waals surface area (Å²) in [5.41, 5.74) is 1.05. The standard InChI is InChI=1S/C15H21NO3/c1-4-5-9-19-15-7-6-14(18-3)11-13(15)12-16-8-10-17-2/h1,6-7,11,16H,5,8-10,12H2,2-3H3. The molecule has 0 unspecified atom stereocenters. The minimum atomic E-state index is 0.522. The van der Waals surface area contributed by atoms with Crippen LogP contribution < -0.4 is 14.8 Å². The SMILES string of the molecule is C#CCCOc1ccc(OC)cc1CNCCOC. The zero-order valence-corrected chi connectivity index (χ0v) is 11.6. The monoisotopic (exact) mass is 263 g/mol. The van der Waals surface area contributed by atoms with E-state index >= 15 is 0 Å². The Labute approximate surface area is 115 Å². The molecule has 19 heavy (non-hydrogen) atoms. The molecule has 1 aromatic carbocycles. The summed E-state index contributed by atoms with van der Waals surface area (Å²) in [5.74, 6) is 4.21. The molecule has 0 aliphatic rings. The summed E-state index contributed by atoms with van der Waals surface area (Å²) in [6, 6.07) is 5.75. The Morgan fingerprint density at radius 1 is 1.26 bits per heavy atom. The van der Waals surface area contributed by atoms with Crippen LogP contribution in [0.15, 0.2) is 18.2 Å². The fraction of sp³-hybridized carbons (Fsp3) is 0.467. The van der Waals surface area contributed by atoms with Crippen LogP contribution >= 0.6 is 0 Å². The average Bonchev–Trinajstić information content (AvgIpc) is 2.45. The zero-order valence-electron chi connectivity index (χ0n) is 11.6. The third-order valence-electron chi connectivity index (χ3n) is 2.57. The quantitative estimate of drug-likeness (QED) is 0.545. The Morgan fingerprint density at radius 3 is 2.79 bits per heavy atom. The maximum Gasteiger partial charge on any atom is 0.124 e. The second-order valence-electron chi connectivity index (χ2n) is 3.95. The minimum absolute atomic E-state index is 0.522. The Bertz CT molecular complexity index is 412. The van der Waals surface area contributed by atoms with Gasteiger partial charge in [-0.1, -0.05) is 0 Å². The molecule has 4 nitrogen and oxygen atoms in total. The number of rotatable bonds is 9. The summed E-state index contributed by atoms with van der Waals surface area (Å²) in [7, 11) is 3.33. The average molecular weight is 263 g/mol. The number of methoxy groups -OCH3 is 2. The summed E-state index contributed by atoms with van der Waals surface area (Å²) in [5, 5.41) is 3.28. The highest BCUT2D eigenvalue weighted by atomic mass is 16.5. The fourth-order valence-electron chi connectivity index (χ4n) is 1.58. The fourth-order valence-corrected chi connectivity index (χ4v) is 1.58. The number of hydrogen-bond donors (Lipinski definition) is 1. The van der Waals surface area contributed by atoms with Crippen molar-refractivity contribution in [2.45, 2.75) is 13.0 Å². The van der Waals surface area contributed by atoms with Gasteiger partial charge in [0.1, 0.15) is 11.5 Å². The van der Waals surface area contributed by atoms with E-state index in [1.165, 1.54) is 0 Å². The minimum Gasteiger partial charge on any atom is -0.497 e. The summed E-state index contributed by atoms with van der Waals surface area (Å²) >= 11 is 0. The van der Waals surface area contributed by atoms with E-state index in [0.29, 0.717) is 26.2 Å². The maximum absolute atomic E-state index is 5.66. The number of nitrogens with one attached hydrogen (secondary N) is 1. The normalized spacial score (nSPS) is 9.95. The van der Waals surface area contributed by atoms with Gasteiger partial charge in [0.15, 0.2) is 0 Å². The van der Waals surface area contributed by atoms with E-state index in [1.54, 1.807) is 14.2 Å². The summed E-state index contributed by atoms with van der Waals surface area (Å²) in [6.45, 7) is 2.69. The molecule has 104 valence electrons. The van der Waals surface area contributed by atoms with Crippen LogP contribution in [0.4, 0.5) is 0 Å². The van der Waals surface area contributed by atoms with E-state index in [4.69, 9.17) is 20.6 Å². The molecule has 1 aromatic rings. The molecule has 0 amide bonds. The number of ether oxygens (including phenoxy) is 3. The Morgan fingerprint density at radius 2 is 2.11 bits per heavy atom. The lowest BCUT2D eigenvalue weighted by Gasteiger charge is -2.13. The van der Waals surface area contributed by atoms with Crippen molar-refractivity contribution in [1.29, 1.82) is 0 Å². The Hall–Kier alpha value is -1.70. The molecule has 0 bridgehead atoms. The van der Waals surface area contributed by atoms with Crippen molar-refractivity contribution >= 4 is 0 Å². The van der Waals surface area contributed by atoms with Gasteiger partial charge in [-0.05, 0) is 18.2 Å². The van der Waals surface area contributed by atoms with E-state index in [9.17, 15) is 0 Å². The van der Waals surface area contributed by atoms with Gasteiger partial charge in [0.2, 0.25) is 0 Å². The van der Waals surface area contributed by atoms with Crippen LogP contribution in [-0.2, 0) is 11.3 Å². The second kappa shape index (κ2) is 9.26. The first kappa shape index (κ1) is 15.4. The van der Waals surface area contributed by atoms with E-state index < -0.39 is 0 Å². The predicted octanol–water partition coefficient (Wildman–Crippen LogP) is 1.83. The largest absolute Gasteiger partial charge is 0.497 e. The molecule has 0 atom stereocenters. The number of terminal acetylenes is 1. The Balaban J connectivity index is 2.63. The molecule has 0 spiro atoms. The van der Waals surface area contributed by atoms with Gasteiger partial charge in [0.25, 0.3) is 0 Å². The molecule has 1 N–H and O–H groups in total. The molecule has 0 aromatic heterocycles. The molecule has 0 aliphatic carbocycles. The molecular weight excluding hydrogens is 242 g/mol. The van der Waals surface area contributed by atoms with Crippen molar-refractivity contribution in [3.63, 3.8) is 0 Å². The van der Waals surface area contributed by atoms with Crippen molar-refractivity contribution in [1.82, 2.24) is 5.32 Å². The summed E-state index contributed by atoms with van der Waals surface area (Å²) < 4.78 is 15.9. The lowest BCUT2D eigenvalue weighted by atomic mass is 10.2. The molecule has 0 saturated heterocycles. The summed E-state index contributed by atoms with van der Waals surface area (Å²) in [6.07, 6.45) is 5.81. The lowest BCUT2D eigenvalue weighted by Crippen LogP contribution is -2.19. The molecule has 0 aliphatic heterocycles.